The molecule has 0 amide bonds. The zero-order valence-corrected chi connectivity index (χ0v) is 11.4. The molecule has 0 aromatic carbocycles. The zero-order valence-electron chi connectivity index (χ0n) is 11.4. The summed E-state index contributed by atoms with van der Waals surface area (Å²) in [6.07, 6.45) is 1.25. The summed E-state index contributed by atoms with van der Waals surface area (Å²) < 4.78 is 5.08. The number of ether oxygens (including phenoxy) is 1. The van der Waals surface area contributed by atoms with Gasteiger partial charge in [0, 0.05) is 39.5 Å². The van der Waals surface area contributed by atoms with Gasteiger partial charge in [0.05, 0.1) is 6.61 Å². The van der Waals surface area contributed by atoms with Gasteiger partial charge in [-0.2, -0.15) is 0 Å². The number of hydrogen-bond acceptors (Lipinski definition) is 4. The summed E-state index contributed by atoms with van der Waals surface area (Å²) in [6, 6.07) is 0. The van der Waals surface area contributed by atoms with Crippen LogP contribution in [0.4, 0.5) is 0 Å². The van der Waals surface area contributed by atoms with Crippen molar-refractivity contribution < 1.29 is 4.74 Å². The molecule has 6 heteroatoms. The van der Waals surface area contributed by atoms with Crippen LogP contribution < -0.4 is 16.0 Å². The van der Waals surface area contributed by atoms with Crippen LogP contribution >= 0.6 is 0 Å². The fourth-order valence-corrected chi connectivity index (χ4v) is 2.35. The first kappa shape index (κ1) is 13.3. The Balaban J connectivity index is 2.08. The van der Waals surface area contributed by atoms with Crippen LogP contribution in [0.25, 0.3) is 0 Å². The van der Waals surface area contributed by atoms with E-state index < -0.39 is 0 Å². The van der Waals surface area contributed by atoms with Gasteiger partial charge in [-0.25, -0.2) is 0 Å². The van der Waals surface area contributed by atoms with Crippen LogP contribution in [0.15, 0.2) is 16.3 Å². The molecule has 0 radical (unpaired) electrons. The number of nitrogens with zero attached hydrogens (tertiary/aromatic N) is 2. The smallest absolute Gasteiger partial charge is 0.196 e. The maximum atomic E-state index is 5.08. The molecule has 0 bridgehead atoms. The van der Waals surface area contributed by atoms with E-state index in [0.717, 1.165) is 32.0 Å². The lowest BCUT2D eigenvalue weighted by Gasteiger charge is -2.38. The molecule has 0 fully saturated rings. The van der Waals surface area contributed by atoms with E-state index in [-0.39, 0.29) is 6.17 Å². The number of aliphatic imine (C=N–C) groups is 1. The molecule has 0 saturated heterocycles. The van der Waals surface area contributed by atoms with Crippen molar-refractivity contribution >= 4 is 5.96 Å². The Morgan fingerprint density at radius 1 is 1.56 bits per heavy atom. The molecule has 18 heavy (non-hydrogen) atoms. The number of hydrogen-bond donors (Lipinski definition) is 3. The molecule has 6 nitrogen and oxygen atoms in total. The Morgan fingerprint density at radius 2 is 2.39 bits per heavy atom. The van der Waals surface area contributed by atoms with E-state index in [1.807, 2.05) is 0 Å². The van der Waals surface area contributed by atoms with Crippen molar-refractivity contribution in [2.24, 2.45) is 4.99 Å². The molecule has 102 valence electrons. The first-order valence-corrected chi connectivity index (χ1v) is 6.37. The van der Waals surface area contributed by atoms with Crippen molar-refractivity contribution in [3.8, 4) is 0 Å². The quantitative estimate of drug-likeness (QED) is 0.579. The molecule has 2 aliphatic rings. The third kappa shape index (κ3) is 3.01. The van der Waals surface area contributed by atoms with E-state index in [9.17, 15) is 0 Å². The molecular weight excluding hydrogens is 230 g/mol. The van der Waals surface area contributed by atoms with Crippen LogP contribution in [-0.4, -0.2) is 64.5 Å². The number of rotatable bonds is 4. The summed E-state index contributed by atoms with van der Waals surface area (Å²) in [7, 11) is 5.65. The molecular formula is C12H23N5O. The standard InChI is InChI=1S/C12H23N5O/c1-13-12-15-10-8-17(2)6-4-9(10)11(16-12)14-5-7-18-3/h11,14H,4-8H2,1-3H3,(H2,13,15,16). The van der Waals surface area contributed by atoms with Crippen molar-refractivity contribution in [3.63, 3.8) is 0 Å². The Morgan fingerprint density at radius 3 is 3.11 bits per heavy atom. The van der Waals surface area contributed by atoms with E-state index in [1.54, 1.807) is 14.2 Å². The number of methoxy groups -OCH3 is 1. The van der Waals surface area contributed by atoms with Gasteiger partial charge in [0.1, 0.15) is 6.17 Å². The Bertz CT molecular complexity index is 352. The SMILES string of the molecule is CN=C1NC2=C(CCN(C)C2)C(NCCOC)N1. The van der Waals surface area contributed by atoms with Crippen molar-refractivity contribution in [1.82, 2.24) is 20.9 Å². The first-order chi connectivity index (χ1) is 8.74. The van der Waals surface area contributed by atoms with Crippen LogP contribution in [0.3, 0.4) is 0 Å². The van der Waals surface area contributed by atoms with Gasteiger partial charge in [-0.05, 0) is 19.0 Å². The van der Waals surface area contributed by atoms with E-state index in [4.69, 9.17) is 4.74 Å². The fourth-order valence-electron chi connectivity index (χ4n) is 2.35. The molecule has 2 heterocycles. The molecule has 1 atom stereocenters. The van der Waals surface area contributed by atoms with Gasteiger partial charge < -0.3 is 20.3 Å². The van der Waals surface area contributed by atoms with Crippen molar-refractivity contribution in [2.45, 2.75) is 12.6 Å². The summed E-state index contributed by atoms with van der Waals surface area (Å²) in [4.78, 5) is 6.53. The highest BCUT2D eigenvalue weighted by Gasteiger charge is 2.28. The number of guanidine groups is 1. The van der Waals surface area contributed by atoms with Crippen molar-refractivity contribution in [2.75, 3.05) is 47.4 Å². The molecule has 2 aliphatic heterocycles. The van der Waals surface area contributed by atoms with Crippen molar-refractivity contribution in [3.05, 3.63) is 11.3 Å². The lowest BCUT2D eigenvalue weighted by molar-refractivity contribution is 0.195. The normalized spacial score (nSPS) is 26.8. The second kappa shape index (κ2) is 6.17. The van der Waals surface area contributed by atoms with Crippen LogP contribution in [0, 0.1) is 0 Å². The summed E-state index contributed by atoms with van der Waals surface area (Å²) in [5, 5.41) is 10.2. The van der Waals surface area contributed by atoms with Crippen LogP contribution in [-0.2, 0) is 4.74 Å². The van der Waals surface area contributed by atoms with E-state index in [0.29, 0.717) is 6.61 Å². The summed E-state index contributed by atoms with van der Waals surface area (Å²) in [6.45, 7) is 3.60. The predicted molar refractivity (Wildman–Crippen MR) is 72.4 cm³/mol. The molecule has 0 aliphatic carbocycles. The van der Waals surface area contributed by atoms with Gasteiger partial charge in [0.25, 0.3) is 0 Å². The van der Waals surface area contributed by atoms with Crippen LogP contribution in [0.5, 0.6) is 0 Å². The van der Waals surface area contributed by atoms with Crippen LogP contribution in [0.1, 0.15) is 6.42 Å². The Labute approximate surface area is 108 Å². The molecule has 0 saturated carbocycles. The Hall–Kier alpha value is -1.11. The van der Waals surface area contributed by atoms with E-state index >= 15 is 0 Å². The van der Waals surface area contributed by atoms with Gasteiger partial charge in [0.15, 0.2) is 5.96 Å². The maximum absolute atomic E-state index is 5.08. The highest BCUT2D eigenvalue weighted by Crippen LogP contribution is 2.20. The van der Waals surface area contributed by atoms with E-state index in [2.05, 4.69) is 32.9 Å². The van der Waals surface area contributed by atoms with Gasteiger partial charge in [0.2, 0.25) is 0 Å². The lowest BCUT2D eigenvalue weighted by Crippen LogP contribution is -2.58. The lowest BCUT2D eigenvalue weighted by atomic mass is 10.0. The second-order valence-corrected chi connectivity index (χ2v) is 4.71. The van der Waals surface area contributed by atoms with Crippen molar-refractivity contribution in [1.29, 1.82) is 0 Å². The predicted octanol–water partition coefficient (Wildman–Crippen LogP) is -0.683. The minimum atomic E-state index is 0.170. The van der Waals surface area contributed by atoms with Gasteiger partial charge in [-0.3, -0.25) is 10.3 Å². The summed E-state index contributed by atoms with van der Waals surface area (Å²) in [5.41, 5.74) is 2.69. The fraction of sp³-hybridized carbons (Fsp3) is 0.750. The minimum absolute atomic E-state index is 0.170. The molecule has 0 aromatic rings. The molecule has 2 rings (SSSR count). The molecule has 0 aromatic heterocycles. The second-order valence-electron chi connectivity index (χ2n) is 4.71. The maximum Gasteiger partial charge on any atom is 0.196 e. The third-order valence-electron chi connectivity index (χ3n) is 3.36. The minimum Gasteiger partial charge on any atom is -0.383 e. The third-order valence-corrected chi connectivity index (χ3v) is 3.36. The van der Waals surface area contributed by atoms with Gasteiger partial charge in [-0.15, -0.1) is 0 Å². The van der Waals surface area contributed by atoms with E-state index in [1.165, 1.54) is 11.3 Å². The highest BCUT2D eigenvalue weighted by molar-refractivity contribution is 5.83. The highest BCUT2D eigenvalue weighted by atomic mass is 16.5. The Kier molecular flexibility index (Phi) is 4.57. The first-order valence-electron chi connectivity index (χ1n) is 6.37. The monoisotopic (exact) mass is 253 g/mol. The molecule has 1 unspecified atom stereocenters. The molecule has 0 spiro atoms. The van der Waals surface area contributed by atoms with Gasteiger partial charge >= 0.3 is 0 Å². The summed E-state index contributed by atoms with van der Waals surface area (Å²) >= 11 is 0. The zero-order chi connectivity index (χ0) is 13.0. The average molecular weight is 253 g/mol. The number of nitrogens with one attached hydrogen (secondary N) is 3. The van der Waals surface area contributed by atoms with Gasteiger partial charge in [-0.1, -0.05) is 0 Å². The average Bonchev–Trinajstić information content (AvgIpc) is 2.38. The molecule has 3 N–H and O–H groups in total. The topological polar surface area (TPSA) is 60.9 Å². The number of likely N-dealkylation sites (N-methyl/N-ethyl adjacent to an activating group) is 1. The summed E-state index contributed by atoms with van der Waals surface area (Å²) in [5.74, 6) is 0.832. The largest absolute Gasteiger partial charge is 0.383 e. The van der Waals surface area contributed by atoms with Crippen LogP contribution in [0.2, 0.25) is 0 Å².